The van der Waals surface area contributed by atoms with E-state index in [1.54, 1.807) is 17.6 Å². The molecule has 0 spiro atoms. The predicted molar refractivity (Wildman–Crippen MR) is 63.4 cm³/mol. The molecule has 1 aromatic carbocycles. The van der Waals surface area contributed by atoms with E-state index in [-0.39, 0.29) is 11.1 Å². The molecule has 6 heteroatoms. The van der Waals surface area contributed by atoms with Crippen molar-refractivity contribution < 1.29 is 4.39 Å². The van der Waals surface area contributed by atoms with Crippen LogP contribution in [0.25, 0.3) is 0 Å². The third kappa shape index (κ3) is 2.48. The number of rotatable bonds is 3. The zero-order valence-corrected chi connectivity index (χ0v) is 10.0. The van der Waals surface area contributed by atoms with Gasteiger partial charge in [0.1, 0.15) is 11.3 Å². The number of benzene rings is 1. The largest absolute Gasteiger partial charge is 0.354 e. The highest BCUT2D eigenvalue weighted by atomic mass is 35.5. The fourth-order valence-corrected chi connectivity index (χ4v) is 2.01. The monoisotopic (exact) mass is 257 g/mol. The van der Waals surface area contributed by atoms with Crippen molar-refractivity contribution in [2.75, 3.05) is 5.32 Å². The van der Waals surface area contributed by atoms with Crippen molar-refractivity contribution in [3.63, 3.8) is 0 Å². The Balaban J connectivity index is 2.14. The minimum Gasteiger partial charge on any atom is -0.354 e. The molecule has 2 aromatic rings. The first-order valence-corrected chi connectivity index (χ1v) is 5.90. The van der Waals surface area contributed by atoms with Gasteiger partial charge in [-0.05, 0) is 24.6 Å². The minimum atomic E-state index is -0.409. The first-order chi connectivity index (χ1) is 7.66. The molecule has 1 atom stereocenters. The topological polar surface area (TPSA) is 37.8 Å². The quantitative estimate of drug-likeness (QED) is 0.914. The standard InChI is InChI=1S/C10H9ClFN3S/c1-6(14-10-15-13-5-16-10)7-2-3-9(12)8(11)4-7/h2-6H,1H3,(H,14,15). The van der Waals surface area contributed by atoms with Gasteiger partial charge in [-0.1, -0.05) is 29.0 Å². The molecule has 84 valence electrons. The van der Waals surface area contributed by atoms with E-state index in [1.807, 2.05) is 6.92 Å². The van der Waals surface area contributed by atoms with E-state index >= 15 is 0 Å². The molecule has 1 N–H and O–H groups in total. The second-order valence-corrected chi connectivity index (χ2v) is 4.52. The highest BCUT2D eigenvalue weighted by molar-refractivity contribution is 7.13. The van der Waals surface area contributed by atoms with Gasteiger partial charge >= 0.3 is 0 Å². The lowest BCUT2D eigenvalue weighted by molar-refractivity contribution is 0.627. The highest BCUT2D eigenvalue weighted by Crippen LogP contribution is 2.23. The lowest BCUT2D eigenvalue weighted by Crippen LogP contribution is -2.06. The molecule has 0 bridgehead atoms. The maximum atomic E-state index is 13.0. The summed E-state index contributed by atoms with van der Waals surface area (Å²) in [4.78, 5) is 0. The molecular formula is C10H9ClFN3S. The van der Waals surface area contributed by atoms with Gasteiger partial charge in [-0.2, -0.15) is 0 Å². The van der Waals surface area contributed by atoms with Crippen LogP contribution in [-0.4, -0.2) is 10.2 Å². The Morgan fingerprint density at radius 1 is 1.50 bits per heavy atom. The van der Waals surface area contributed by atoms with E-state index in [0.717, 1.165) is 10.7 Å². The number of nitrogens with one attached hydrogen (secondary N) is 1. The van der Waals surface area contributed by atoms with Crippen LogP contribution in [0.4, 0.5) is 9.52 Å². The zero-order valence-electron chi connectivity index (χ0n) is 8.45. The second-order valence-electron chi connectivity index (χ2n) is 3.28. The van der Waals surface area contributed by atoms with Crippen LogP contribution in [0.3, 0.4) is 0 Å². The van der Waals surface area contributed by atoms with E-state index in [1.165, 1.54) is 17.4 Å². The molecule has 0 amide bonds. The Kier molecular flexibility index (Phi) is 3.36. The maximum Gasteiger partial charge on any atom is 0.205 e. The summed E-state index contributed by atoms with van der Waals surface area (Å²) in [5, 5.41) is 11.6. The molecule has 3 nitrogen and oxygen atoms in total. The van der Waals surface area contributed by atoms with Crippen LogP contribution in [0.5, 0.6) is 0 Å². The number of anilines is 1. The van der Waals surface area contributed by atoms with Gasteiger partial charge in [-0.25, -0.2) is 4.39 Å². The Bertz CT molecular complexity index is 475. The molecule has 0 fully saturated rings. The van der Waals surface area contributed by atoms with E-state index < -0.39 is 5.82 Å². The molecule has 0 aliphatic carbocycles. The summed E-state index contributed by atoms with van der Waals surface area (Å²) in [6.45, 7) is 1.95. The van der Waals surface area contributed by atoms with Crippen molar-refractivity contribution in [1.29, 1.82) is 0 Å². The Hall–Kier alpha value is -1.20. The fraction of sp³-hybridized carbons (Fsp3) is 0.200. The third-order valence-electron chi connectivity index (χ3n) is 2.14. The van der Waals surface area contributed by atoms with Gasteiger partial charge < -0.3 is 5.32 Å². The van der Waals surface area contributed by atoms with Crippen molar-refractivity contribution in [2.45, 2.75) is 13.0 Å². The first-order valence-electron chi connectivity index (χ1n) is 4.64. The Morgan fingerprint density at radius 3 is 2.94 bits per heavy atom. The van der Waals surface area contributed by atoms with Gasteiger partial charge in [-0.3, -0.25) is 0 Å². The molecule has 1 unspecified atom stereocenters. The number of hydrogen-bond donors (Lipinski definition) is 1. The number of aromatic nitrogens is 2. The van der Waals surface area contributed by atoms with Gasteiger partial charge in [0.15, 0.2) is 0 Å². The SMILES string of the molecule is CC(Nc1nncs1)c1ccc(F)c(Cl)c1. The van der Waals surface area contributed by atoms with Crippen LogP contribution in [0.15, 0.2) is 23.7 Å². The normalized spacial score (nSPS) is 12.4. The molecule has 0 saturated heterocycles. The van der Waals surface area contributed by atoms with Crippen LogP contribution in [0.1, 0.15) is 18.5 Å². The van der Waals surface area contributed by atoms with Crippen molar-refractivity contribution in [2.24, 2.45) is 0 Å². The molecule has 1 heterocycles. The second kappa shape index (κ2) is 4.76. The molecule has 0 aliphatic rings. The minimum absolute atomic E-state index is 0.00560. The summed E-state index contributed by atoms with van der Waals surface area (Å²) >= 11 is 7.12. The summed E-state index contributed by atoms with van der Waals surface area (Å²) in [7, 11) is 0. The van der Waals surface area contributed by atoms with E-state index in [4.69, 9.17) is 11.6 Å². The molecule has 2 rings (SSSR count). The van der Waals surface area contributed by atoms with Crippen molar-refractivity contribution >= 4 is 28.1 Å². The number of hydrogen-bond acceptors (Lipinski definition) is 4. The average molecular weight is 258 g/mol. The summed E-state index contributed by atoms with van der Waals surface area (Å²) < 4.78 is 13.0. The molecule has 0 saturated carbocycles. The zero-order chi connectivity index (χ0) is 11.5. The smallest absolute Gasteiger partial charge is 0.205 e. The van der Waals surface area contributed by atoms with Crippen LogP contribution in [-0.2, 0) is 0 Å². The lowest BCUT2D eigenvalue weighted by Gasteiger charge is -2.13. The maximum absolute atomic E-state index is 13.0. The van der Waals surface area contributed by atoms with Crippen molar-refractivity contribution in [3.05, 3.63) is 40.1 Å². The molecule has 16 heavy (non-hydrogen) atoms. The highest BCUT2D eigenvalue weighted by Gasteiger charge is 2.09. The Morgan fingerprint density at radius 2 is 2.31 bits per heavy atom. The summed E-state index contributed by atoms with van der Waals surface area (Å²) in [5.41, 5.74) is 2.55. The van der Waals surface area contributed by atoms with Crippen LogP contribution >= 0.6 is 22.9 Å². The van der Waals surface area contributed by atoms with Gasteiger partial charge in [-0.15, -0.1) is 10.2 Å². The van der Waals surface area contributed by atoms with Gasteiger partial charge in [0.25, 0.3) is 0 Å². The molecular weight excluding hydrogens is 249 g/mol. The van der Waals surface area contributed by atoms with E-state index in [2.05, 4.69) is 15.5 Å². The van der Waals surface area contributed by atoms with Crippen LogP contribution < -0.4 is 5.32 Å². The van der Waals surface area contributed by atoms with Gasteiger partial charge in [0, 0.05) is 0 Å². The van der Waals surface area contributed by atoms with E-state index in [0.29, 0.717) is 0 Å². The van der Waals surface area contributed by atoms with Gasteiger partial charge in [0.05, 0.1) is 11.1 Å². The van der Waals surface area contributed by atoms with Crippen molar-refractivity contribution in [3.8, 4) is 0 Å². The van der Waals surface area contributed by atoms with Crippen LogP contribution in [0, 0.1) is 5.82 Å². The van der Waals surface area contributed by atoms with Crippen molar-refractivity contribution in [1.82, 2.24) is 10.2 Å². The lowest BCUT2D eigenvalue weighted by atomic mass is 10.1. The number of nitrogens with zero attached hydrogens (tertiary/aromatic N) is 2. The Labute approximate surface area is 101 Å². The van der Waals surface area contributed by atoms with Gasteiger partial charge in [0.2, 0.25) is 5.13 Å². The first kappa shape index (κ1) is 11.3. The third-order valence-corrected chi connectivity index (χ3v) is 3.06. The molecule has 0 radical (unpaired) electrons. The van der Waals surface area contributed by atoms with E-state index in [9.17, 15) is 4.39 Å². The molecule has 1 aromatic heterocycles. The predicted octanol–water partition coefficient (Wildman–Crippen LogP) is 3.50. The summed E-state index contributed by atoms with van der Waals surface area (Å²) in [5.74, 6) is -0.409. The average Bonchev–Trinajstić information content (AvgIpc) is 2.74. The summed E-state index contributed by atoms with van der Waals surface area (Å²) in [6, 6.07) is 4.66. The number of halogens is 2. The van der Waals surface area contributed by atoms with Crippen LogP contribution in [0.2, 0.25) is 5.02 Å². The summed E-state index contributed by atoms with van der Waals surface area (Å²) in [6.07, 6.45) is 0. The molecule has 0 aliphatic heterocycles. The fourth-order valence-electron chi connectivity index (χ4n) is 1.29.